The third-order valence-corrected chi connectivity index (χ3v) is 6.80. The number of urea groups is 1. The van der Waals surface area contributed by atoms with Crippen molar-refractivity contribution in [3.8, 4) is 0 Å². The Morgan fingerprint density at radius 1 is 1.25 bits per heavy atom. The predicted molar refractivity (Wildman–Crippen MR) is 93.7 cm³/mol. The highest BCUT2D eigenvalue weighted by molar-refractivity contribution is 7.99. The molecule has 0 aromatic carbocycles. The van der Waals surface area contributed by atoms with Crippen LogP contribution in [-0.2, 0) is 9.59 Å². The molecule has 24 heavy (non-hydrogen) atoms. The Morgan fingerprint density at radius 2 is 2.04 bits per heavy atom. The molecule has 2 saturated heterocycles. The van der Waals surface area contributed by atoms with Gasteiger partial charge in [0.15, 0.2) is 0 Å². The number of carbonyl (C=O) groups excluding carboxylic acids is 3. The van der Waals surface area contributed by atoms with E-state index >= 15 is 0 Å². The summed E-state index contributed by atoms with van der Waals surface area (Å²) in [6.45, 7) is 4.63. The van der Waals surface area contributed by atoms with Crippen LogP contribution in [0.4, 0.5) is 4.79 Å². The van der Waals surface area contributed by atoms with Crippen molar-refractivity contribution < 1.29 is 14.4 Å². The van der Waals surface area contributed by atoms with Gasteiger partial charge >= 0.3 is 6.03 Å². The van der Waals surface area contributed by atoms with Crippen LogP contribution in [0, 0.1) is 5.92 Å². The molecule has 3 rings (SSSR count). The first kappa shape index (κ1) is 17.6. The van der Waals surface area contributed by atoms with E-state index in [1.807, 2.05) is 30.5 Å². The van der Waals surface area contributed by atoms with E-state index < -0.39 is 11.6 Å². The Kier molecular flexibility index (Phi) is 5.08. The molecule has 0 unspecified atom stereocenters. The average Bonchev–Trinajstić information content (AvgIpc) is 2.71. The molecule has 3 atom stereocenters. The molecule has 3 aliphatic rings. The minimum absolute atomic E-state index is 0.117. The number of hydrogen-bond donors (Lipinski definition) is 1. The van der Waals surface area contributed by atoms with Crippen LogP contribution in [0.15, 0.2) is 0 Å². The van der Waals surface area contributed by atoms with Gasteiger partial charge in [0.25, 0.3) is 5.91 Å². The second-order valence-electron chi connectivity index (χ2n) is 7.28. The Labute approximate surface area is 147 Å². The lowest BCUT2D eigenvalue weighted by Gasteiger charge is -2.37. The van der Waals surface area contributed by atoms with Gasteiger partial charge < -0.3 is 10.2 Å². The Hall–Kier alpha value is -1.24. The smallest absolute Gasteiger partial charge is 0.325 e. The van der Waals surface area contributed by atoms with Crippen LogP contribution < -0.4 is 5.32 Å². The van der Waals surface area contributed by atoms with Crippen molar-refractivity contribution in [2.45, 2.75) is 57.5 Å². The molecular formula is C17H27N3O3S. The number of amides is 4. The van der Waals surface area contributed by atoms with Crippen LogP contribution in [0.1, 0.15) is 46.0 Å². The van der Waals surface area contributed by atoms with Crippen molar-refractivity contribution in [1.29, 1.82) is 0 Å². The summed E-state index contributed by atoms with van der Waals surface area (Å²) in [6, 6.07) is -0.241. The zero-order valence-corrected chi connectivity index (χ0v) is 15.4. The fourth-order valence-electron chi connectivity index (χ4n) is 4.13. The number of nitrogens with zero attached hydrogens (tertiary/aromatic N) is 2. The minimum Gasteiger partial charge on any atom is -0.338 e. The monoisotopic (exact) mass is 353 g/mol. The number of nitrogens with one attached hydrogen (secondary N) is 1. The van der Waals surface area contributed by atoms with E-state index in [0.29, 0.717) is 13.0 Å². The van der Waals surface area contributed by atoms with Crippen molar-refractivity contribution in [2.75, 3.05) is 24.6 Å². The van der Waals surface area contributed by atoms with E-state index in [0.717, 1.165) is 42.1 Å². The van der Waals surface area contributed by atoms with Gasteiger partial charge in [-0.25, -0.2) is 4.79 Å². The number of imide groups is 1. The predicted octanol–water partition coefficient (Wildman–Crippen LogP) is 1.84. The molecular weight excluding hydrogens is 326 g/mol. The molecule has 2 heterocycles. The second kappa shape index (κ2) is 6.94. The number of carbonyl (C=O) groups is 3. The topological polar surface area (TPSA) is 69.7 Å². The maximum atomic E-state index is 12.9. The summed E-state index contributed by atoms with van der Waals surface area (Å²) in [5.74, 6) is 1.77. The van der Waals surface area contributed by atoms with Gasteiger partial charge in [0.2, 0.25) is 5.91 Å². The van der Waals surface area contributed by atoms with Crippen LogP contribution in [0.3, 0.4) is 0 Å². The highest BCUT2D eigenvalue weighted by atomic mass is 32.2. The molecule has 0 aromatic rings. The normalized spacial score (nSPS) is 34.4. The maximum Gasteiger partial charge on any atom is 0.325 e. The molecule has 3 fully saturated rings. The lowest BCUT2D eigenvalue weighted by molar-refractivity contribution is -0.141. The Bertz CT molecular complexity index is 541. The van der Waals surface area contributed by atoms with Crippen LogP contribution >= 0.6 is 11.8 Å². The van der Waals surface area contributed by atoms with E-state index in [-0.39, 0.29) is 30.3 Å². The first-order valence-electron chi connectivity index (χ1n) is 8.97. The molecule has 2 aliphatic heterocycles. The minimum atomic E-state index is -0.782. The van der Waals surface area contributed by atoms with Gasteiger partial charge in [-0.2, -0.15) is 11.8 Å². The summed E-state index contributed by atoms with van der Waals surface area (Å²) in [5, 5.41) is 2.91. The van der Waals surface area contributed by atoms with Gasteiger partial charge in [-0.3, -0.25) is 14.5 Å². The van der Waals surface area contributed by atoms with E-state index in [9.17, 15) is 14.4 Å². The van der Waals surface area contributed by atoms with Gasteiger partial charge in [0.05, 0.1) is 0 Å². The van der Waals surface area contributed by atoms with Gasteiger partial charge in [0.1, 0.15) is 12.1 Å². The molecule has 0 radical (unpaired) electrons. The fourth-order valence-corrected chi connectivity index (χ4v) is 5.17. The molecule has 134 valence electrons. The number of rotatable bonds is 2. The Balaban J connectivity index is 1.71. The van der Waals surface area contributed by atoms with Crippen molar-refractivity contribution in [3.63, 3.8) is 0 Å². The molecule has 0 bridgehead atoms. The van der Waals surface area contributed by atoms with Crippen LogP contribution in [0.2, 0.25) is 0 Å². The first-order valence-corrected chi connectivity index (χ1v) is 10.1. The van der Waals surface area contributed by atoms with Crippen molar-refractivity contribution in [2.24, 2.45) is 5.92 Å². The average molecular weight is 353 g/mol. The zero-order valence-electron chi connectivity index (χ0n) is 14.5. The largest absolute Gasteiger partial charge is 0.338 e. The maximum absolute atomic E-state index is 12.9. The summed E-state index contributed by atoms with van der Waals surface area (Å²) < 4.78 is 0. The second-order valence-corrected chi connectivity index (χ2v) is 8.50. The summed E-state index contributed by atoms with van der Waals surface area (Å²) in [7, 11) is 0. The number of hydrogen-bond acceptors (Lipinski definition) is 4. The number of thioether (sulfide) groups is 1. The lowest BCUT2D eigenvalue weighted by atomic mass is 9.73. The molecule has 1 N–H and O–H groups in total. The third-order valence-electron chi connectivity index (χ3n) is 5.80. The van der Waals surface area contributed by atoms with Crippen molar-refractivity contribution in [1.82, 2.24) is 15.1 Å². The molecule has 6 nitrogen and oxygen atoms in total. The SMILES string of the molecule is C[C@@H]1CCSCCN1C(=O)CN1C(=O)N[C@@]2(CCCC[C@@H]2C)C1=O. The molecule has 1 aliphatic carbocycles. The highest BCUT2D eigenvalue weighted by Crippen LogP contribution is 2.38. The first-order chi connectivity index (χ1) is 11.5. The molecule has 1 saturated carbocycles. The zero-order chi connectivity index (χ0) is 17.3. The molecule has 0 aromatic heterocycles. The van der Waals surface area contributed by atoms with Crippen molar-refractivity contribution >= 4 is 29.6 Å². The van der Waals surface area contributed by atoms with E-state index in [4.69, 9.17) is 0 Å². The summed E-state index contributed by atoms with van der Waals surface area (Å²) in [6.07, 6.45) is 4.61. The third kappa shape index (κ3) is 3.03. The van der Waals surface area contributed by atoms with Gasteiger partial charge in [-0.05, 0) is 37.9 Å². The van der Waals surface area contributed by atoms with E-state index in [1.54, 1.807) is 0 Å². The van der Waals surface area contributed by atoms with Gasteiger partial charge in [0, 0.05) is 18.3 Å². The summed E-state index contributed by atoms with van der Waals surface area (Å²) >= 11 is 1.85. The van der Waals surface area contributed by atoms with E-state index in [1.165, 1.54) is 0 Å². The molecule has 7 heteroatoms. The van der Waals surface area contributed by atoms with Crippen LogP contribution in [0.25, 0.3) is 0 Å². The Morgan fingerprint density at radius 3 is 2.79 bits per heavy atom. The van der Waals surface area contributed by atoms with E-state index in [2.05, 4.69) is 5.32 Å². The quantitative estimate of drug-likeness (QED) is 0.769. The van der Waals surface area contributed by atoms with Crippen LogP contribution in [0.5, 0.6) is 0 Å². The molecule has 4 amide bonds. The summed E-state index contributed by atoms with van der Waals surface area (Å²) in [4.78, 5) is 41.0. The van der Waals surface area contributed by atoms with Gasteiger partial charge in [-0.1, -0.05) is 19.8 Å². The van der Waals surface area contributed by atoms with Gasteiger partial charge in [-0.15, -0.1) is 0 Å². The summed E-state index contributed by atoms with van der Waals surface area (Å²) in [5.41, 5.74) is -0.782. The van der Waals surface area contributed by atoms with Crippen molar-refractivity contribution in [3.05, 3.63) is 0 Å². The highest BCUT2D eigenvalue weighted by Gasteiger charge is 2.55. The standard InChI is InChI=1S/C17H27N3O3S/c1-12-5-3-4-7-17(12)15(22)20(16(23)18-17)11-14(21)19-8-10-24-9-6-13(19)2/h12-13H,3-11H2,1-2H3,(H,18,23)/t12-,13+,17+/m0/s1. The molecule has 1 spiro atoms. The lowest BCUT2D eigenvalue weighted by Crippen LogP contribution is -2.54. The fraction of sp³-hybridized carbons (Fsp3) is 0.824. The van der Waals surface area contributed by atoms with Crippen LogP contribution in [-0.4, -0.2) is 63.8 Å².